The Labute approximate surface area is 114 Å². The first-order chi connectivity index (χ1) is 9.70. The second kappa shape index (κ2) is 4.86. The van der Waals surface area contributed by atoms with Crippen LogP contribution in [0.1, 0.15) is 12.0 Å². The molecule has 7 heteroatoms. The quantitative estimate of drug-likeness (QED) is 0.593. The molecule has 0 fully saturated rings. The summed E-state index contributed by atoms with van der Waals surface area (Å²) in [6.45, 7) is 0.629. The van der Waals surface area contributed by atoms with Crippen molar-refractivity contribution in [2.75, 3.05) is 6.54 Å². The zero-order chi connectivity index (χ0) is 14.1. The van der Waals surface area contributed by atoms with Gasteiger partial charge in [0, 0.05) is 6.20 Å². The standard InChI is InChI=1S/C13H14N6O/c14-5-1-2-8-3-4-9-13(20)18-10-11(15)16-7-17-12(10)19(9)6-8/h3-4,6-7,15,20H,1-2,5,14H2. The Morgan fingerprint density at radius 1 is 1.30 bits per heavy atom. The molecule has 0 atom stereocenters. The van der Waals surface area contributed by atoms with Crippen LogP contribution in [0.15, 0.2) is 24.7 Å². The molecule has 0 bridgehead atoms. The molecule has 7 nitrogen and oxygen atoms in total. The third-order valence-corrected chi connectivity index (χ3v) is 3.16. The molecule has 102 valence electrons. The Kier molecular flexibility index (Phi) is 3.03. The Hall–Kier alpha value is -2.54. The second-order valence-corrected chi connectivity index (χ2v) is 4.51. The van der Waals surface area contributed by atoms with Gasteiger partial charge in [0.2, 0.25) is 5.88 Å². The fourth-order valence-corrected chi connectivity index (χ4v) is 2.17. The summed E-state index contributed by atoms with van der Waals surface area (Å²) in [5.41, 5.74) is 7.43. The Morgan fingerprint density at radius 2 is 2.15 bits per heavy atom. The summed E-state index contributed by atoms with van der Waals surface area (Å²) >= 11 is 0. The number of rotatable bonds is 3. The van der Waals surface area contributed by atoms with E-state index in [1.54, 1.807) is 10.5 Å². The van der Waals surface area contributed by atoms with Crippen LogP contribution in [0, 0.1) is 5.41 Å². The molecular formula is C13H14N6O. The molecular weight excluding hydrogens is 256 g/mol. The number of pyridine rings is 1. The van der Waals surface area contributed by atoms with Crippen LogP contribution in [0.2, 0.25) is 0 Å². The highest BCUT2D eigenvalue weighted by molar-refractivity contribution is 5.65. The predicted octanol–water partition coefficient (Wildman–Crippen LogP) is 0.305. The molecule has 1 aromatic heterocycles. The van der Waals surface area contributed by atoms with Gasteiger partial charge in [-0.25, -0.2) is 15.0 Å². The van der Waals surface area contributed by atoms with E-state index in [0.29, 0.717) is 17.9 Å². The van der Waals surface area contributed by atoms with Crippen LogP contribution in [0.25, 0.3) is 17.0 Å². The van der Waals surface area contributed by atoms with E-state index in [0.717, 1.165) is 18.4 Å². The molecule has 0 aliphatic carbocycles. The molecule has 0 radical (unpaired) electrons. The van der Waals surface area contributed by atoms with Crippen LogP contribution < -0.4 is 11.2 Å². The summed E-state index contributed by atoms with van der Waals surface area (Å²) in [4.78, 5) is 11.9. The third kappa shape index (κ3) is 1.97. The maximum absolute atomic E-state index is 9.97. The Morgan fingerprint density at radius 3 is 2.95 bits per heavy atom. The van der Waals surface area contributed by atoms with Gasteiger partial charge in [-0.1, -0.05) is 6.07 Å². The largest absolute Gasteiger partial charge is 0.492 e. The minimum absolute atomic E-state index is 0.00735. The summed E-state index contributed by atoms with van der Waals surface area (Å²) in [7, 11) is 0. The molecule has 0 amide bonds. The predicted molar refractivity (Wildman–Crippen MR) is 72.3 cm³/mol. The molecule has 0 aromatic carbocycles. The van der Waals surface area contributed by atoms with Gasteiger partial charge in [-0.2, -0.15) is 0 Å². The fraction of sp³-hybridized carbons (Fsp3) is 0.231. The smallest absolute Gasteiger partial charge is 0.236 e. The van der Waals surface area contributed by atoms with Crippen LogP contribution in [0.3, 0.4) is 0 Å². The number of hydrogen-bond donors (Lipinski definition) is 3. The van der Waals surface area contributed by atoms with Gasteiger partial charge in [0.1, 0.15) is 11.8 Å². The van der Waals surface area contributed by atoms with E-state index < -0.39 is 0 Å². The number of hydrogen-bond acceptors (Lipinski definition) is 6. The highest BCUT2D eigenvalue weighted by Crippen LogP contribution is 2.23. The third-order valence-electron chi connectivity index (χ3n) is 3.16. The number of aryl methyl sites for hydroxylation is 1. The SMILES string of the molecule is N=c1ncnc2n3cc(CCCN)ccc3c(O)nc1-2. The zero-order valence-electron chi connectivity index (χ0n) is 10.7. The fourth-order valence-electron chi connectivity index (χ4n) is 2.17. The molecule has 2 aliphatic rings. The molecule has 0 unspecified atom stereocenters. The molecule has 20 heavy (non-hydrogen) atoms. The molecule has 3 heterocycles. The molecule has 1 aromatic rings. The van der Waals surface area contributed by atoms with E-state index >= 15 is 0 Å². The summed E-state index contributed by atoms with van der Waals surface area (Å²) in [5.74, 6) is 0.374. The highest BCUT2D eigenvalue weighted by atomic mass is 16.3. The van der Waals surface area contributed by atoms with E-state index in [1.165, 1.54) is 6.33 Å². The molecule has 0 saturated heterocycles. The number of nitrogens with one attached hydrogen (secondary N) is 1. The summed E-state index contributed by atoms with van der Waals surface area (Å²) in [6, 6.07) is 3.72. The monoisotopic (exact) mass is 270 g/mol. The first-order valence-corrected chi connectivity index (χ1v) is 6.30. The number of nitrogens with two attached hydrogens (primary N) is 1. The van der Waals surface area contributed by atoms with Crippen molar-refractivity contribution in [1.29, 1.82) is 5.41 Å². The first kappa shape index (κ1) is 12.5. The van der Waals surface area contributed by atoms with Gasteiger partial charge in [0.25, 0.3) is 0 Å². The van der Waals surface area contributed by atoms with E-state index in [-0.39, 0.29) is 17.1 Å². The van der Waals surface area contributed by atoms with Gasteiger partial charge in [-0.3, -0.25) is 9.81 Å². The van der Waals surface area contributed by atoms with E-state index in [2.05, 4.69) is 15.0 Å². The average Bonchev–Trinajstić information content (AvgIpc) is 2.46. The van der Waals surface area contributed by atoms with Crippen LogP contribution in [-0.2, 0) is 6.42 Å². The minimum Gasteiger partial charge on any atom is -0.492 e. The maximum atomic E-state index is 9.97. The Bertz CT molecular complexity index is 797. The maximum Gasteiger partial charge on any atom is 0.236 e. The van der Waals surface area contributed by atoms with Gasteiger partial charge in [0.05, 0.1) is 0 Å². The van der Waals surface area contributed by atoms with Crippen LogP contribution in [-0.4, -0.2) is 31.0 Å². The lowest BCUT2D eigenvalue weighted by atomic mass is 10.1. The lowest BCUT2D eigenvalue weighted by Crippen LogP contribution is -2.16. The van der Waals surface area contributed by atoms with Crippen molar-refractivity contribution in [2.45, 2.75) is 12.8 Å². The molecule has 2 aliphatic heterocycles. The lowest BCUT2D eigenvalue weighted by Gasteiger charge is -2.12. The normalized spacial score (nSPS) is 11.2. The van der Waals surface area contributed by atoms with Crippen molar-refractivity contribution in [3.05, 3.63) is 35.7 Å². The summed E-state index contributed by atoms with van der Waals surface area (Å²) in [5, 5.41) is 17.7. The van der Waals surface area contributed by atoms with Crippen molar-refractivity contribution in [3.63, 3.8) is 0 Å². The van der Waals surface area contributed by atoms with Gasteiger partial charge < -0.3 is 10.8 Å². The van der Waals surface area contributed by atoms with E-state index in [9.17, 15) is 5.11 Å². The number of nitrogens with zero attached hydrogens (tertiary/aromatic N) is 4. The molecule has 0 saturated carbocycles. The zero-order valence-corrected chi connectivity index (χ0v) is 10.7. The van der Waals surface area contributed by atoms with E-state index in [1.807, 2.05) is 12.3 Å². The average molecular weight is 270 g/mol. The van der Waals surface area contributed by atoms with Crippen LogP contribution in [0.4, 0.5) is 0 Å². The van der Waals surface area contributed by atoms with Gasteiger partial charge in [-0.05, 0) is 31.0 Å². The number of aromatic nitrogens is 4. The second-order valence-electron chi connectivity index (χ2n) is 4.51. The molecule has 3 rings (SSSR count). The highest BCUT2D eigenvalue weighted by Gasteiger charge is 2.15. The summed E-state index contributed by atoms with van der Waals surface area (Å²) in [6.07, 6.45) is 4.95. The Balaban J connectivity index is 2.29. The van der Waals surface area contributed by atoms with Crippen molar-refractivity contribution < 1.29 is 5.11 Å². The molecule has 4 N–H and O–H groups in total. The van der Waals surface area contributed by atoms with Crippen molar-refractivity contribution in [2.24, 2.45) is 5.73 Å². The van der Waals surface area contributed by atoms with Crippen molar-refractivity contribution in [3.8, 4) is 17.4 Å². The molecule has 0 spiro atoms. The number of fused-ring (bicyclic) bond motifs is 3. The van der Waals surface area contributed by atoms with Gasteiger partial charge in [-0.15, -0.1) is 0 Å². The minimum atomic E-state index is -0.133. The van der Waals surface area contributed by atoms with Crippen molar-refractivity contribution in [1.82, 2.24) is 19.4 Å². The van der Waals surface area contributed by atoms with Gasteiger partial charge >= 0.3 is 0 Å². The summed E-state index contributed by atoms with van der Waals surface area (Å²) < 4.78 is 1.74. The number of aromatic hydroxyl groups is 1. The van der Waals surface area contributed by atoms with Crippen molar-refractivity contribution >= 4 is 5.52 Å². The first-order valence-electron chi connectivity index (χ1n) is 6.30. The van der Waals surface area contributed by atoms with E-state index in [4.69, 9.17) is 11.1 Å². The lowest BCUT2D eigenvalue weighted by molar-refractivity contribution is 0.456. The van der Waals surface area contributed by atoms with Crippen LogP contribution in [0.5, 0.6) is 5.88 Å². The topological polar surface area (TPSA) is 113 Å². The van der Waals surface area contributed by atoms with Gasteiger partial charge in [0.15, 0.2) is 17.0 Å². The van der Waals surface area contributed by atoms with Crippen LogP contribution >= 0.6 is 0 Å².